The molecule has 0 saturated heterocycles. The number of unbranched alkanes of at least 4 members (excludes halogenated alkanes) is 7. The van der Waals surface area contributed by atoms with Crippen LogP contribution in [-0.4, -0.2) is 4.57 Å². The van der Waals surface area contributed by atoms with Crippen molar-refractivity contribution in [2.45, 2.75) is 57.9 Å². The normalized spacial score (nSPS) is 9.40. The molecule has 1 aromatic rings. The standard InChI is InChI=1S/C15H27N2.CHNS/c1-3-4-5-6-7-8-9-10-11-12-17-14-13-16(2)15-17;2-1-3/h3,13-15H,1,4-12H2,2H3;3H/q+1;/p-1. The second-order valence-electron chi connectivity index (χ2n) is 4.96. The molecule has 0 aliphatic heterocycles. The predicted molar refractivity (Wildman–Crippen MR) is 85.7 cm³/mol. The average Bonchev–Trinajstić information content (AvgIpc) is 2.83. The van der Waals surface area contributed by atoms with E-state index in [1.54, 1.807) is 0 Å². The summed E-state index contributed by atoms with van der Waals surface area (Å²) in [5.41, 5.74) is 0. The van der Waals surface area contributed by atoms with E-state index in [0.29, 0.717) is 0 Å². The van der Waals surface area contributed by atoms with Crippen LogP contribution >= 0.6 is 0 Å². The molecule has 112 valence electrons. The van der Waals surface area contributed by atoms with Gasteiger partial charge in [0.25, 0.3) is 0 Å². The quantitative estimate of drug-likeness (QED) is 0.217. The topological polar surface area (TPSA) is 32.6 Å². The molecule has 0 aliphatic carbocycles. The molecule has 0 aromatic carbocycles. The highest BCUT2D eigenvalue weighted by Crippen LogP contribution is 2.09. The van der Waals surface area contributed by atoms with Crippen LogP contribution < -0.4 is 4.57 Å². The second-order valence-corrected chi connectivity index (χ2v) is 5.14. The van der Waals surface area contributed by atoms with Crippen LogP contribution in [0.4, 0.5) is 0 Å². The fourth-order valence-corrected chi connectivity index (χ4v) is 2.10. The number of imidazole rings is 1. The lowest BCUT2D eigenvalue weighted by atomic mass is 10.1. The van der Waals surface area contributed by atoms with Crippen LogP contribution in [0.2, 0.25) is 0 Å². The van der Waals surface area contributed by atoms with Gasteiger partial charge in [-0.3, -0.25) is 0 Å². The third-order valence-electron chi connectivity index (χ3n) is 3.15. The molecule has 0 bridgehead atoms. The molecule has 0 spiro atoms. The van der Waals surface area contributed by atoms with Gasteiger partial charge in [-0.25, -0.2) is 14.4 Å². The Morgan fingerprint density at radius 2 is 1.75 bits per heavy atom. The minimum Gasteiger partial charge on any atom is -0.696 e. The largest absolute Gasteiger partial charge is 0.696 e. The maximum absolute atomic E-state index is 7.13. The summed E-state index contributed by atoms with van der Waals surface area (Å²) in [5, 5.41) is 8.47. The van der Waals surface area contributed by atoms with E-state index in [2.05, 4.69) is 54.1 Å². The van der Waals surface area contributed by atoms with Crippen molar-refractivity contribution in [3.63, 3.8) is 0 Å². The molecule has 0 radical (unpaired) electrons. The third-order valence-corrected chi connectivity index (χ3v) is 3.15. The first-order chi connectivity index (χ1) is 9.74. The number of allylic oxidation sites excluding steroid dienone is 1. The number of hydrogen-bond acceptors (Lipinski definition) is 2. The Hall–Kier alpha value is -1.34. The zero-order chi connectivity index (χ0) is 15.1. The first-order valence-electron chi connectivity index (χ1n) is 7.37. The Morgan fingerprint density at radius 3 is 2.25 bits per heavy atom. The van der Waals surface area contributed by atoms with Crippen LogP contribution in [0.3, 0.4) is 0 Å². The molecule has 0 amide bonds. The zero-order valence-electron chi connectivity index (χ0n) is 12.6. The van der Waals surface area contributed by atoms with Gasteiger partial charge in [0.1, 0.15) is 12.4 Å². The Balaban J connectivity index is 0.00000110. The van der Waals surface area contributed by atoms with E-state index < -0.39 is 0 Å². The van der Waals surface area contributed by atoms with Crippen LogP contribution in [0.25, 0.3) is 0 Å². The summed E-state index contributed by atoms with van der Waals surface area (Å²) in [6.07, 6.45) is 19.2. The molecular formula is C16H27N3S. The molecule has 20 heavy (non-hydrogen) atoms. The van der Waals surface area contributed by atoms with Crippen molar-refractivity contribution >= 4 is 12.6 Å². The van der Waals surface area contributed by atoms with E-state index in [9.17, 15) is 0 Å². The summed E-state index contributed by atoms with van der Waals surface area (Å²) in [6.45, 7) is 4.91. The van der Waals surface area contributed by atoms with Gasteiger partial charge < -0.3 is 12.6 Å². The van der Waals surface area contributed by atoms with Crippen LogP contribution in [-0.2, 0) is 26.2 Å². The van der Waals surface area contributed by atoms with E-state index in [1.807, 2.05) is 6.08 Å². The summed E-state index contributed by atoms with van der Waals surface area (Å²) in [4.78, 5) is 0. The molecule has 1 rings (SSSR count). The molecule has 0 unspecified atom stereocenters. The first kappa shape index (κ1) is 18.7. The van der Waals surface area contributed by atoms with Crippen LogP contribution in [0.5, 0.6) is 0 Å². The van der Waals surface area contributed by atoms with Crippen molar-refractivity contribution in [2.75, 3.05) is 0 Å². The molecule has 1 heterocycles. The summed E-state index contributed by atoms with van der Waals surface area (Å²) in [6, 6.07) is 0. The summed E-state index contributed by atoms with van der Waals surface area (Å²) in [7, 11) is 2.07. The Morgan fingerprint density at radius 1 is 1.20 bits per heavy atom. The van der Waals surface area contributed by atoms with Crippen molar-refractivity contribution in [1.82, 2.24) is 4.57 Å². The maximum Gasteiger partial charge on any atom is 0.243 e. The van der Waals surface area contributed by atoms with Gasteiger partial charge in [-0.1, -0.05) is 37.2 Å². The Labute approximate surface area is 129 Å². The highest BCUT2D eigenvalue weighted by atomic mass is 32.1. The highest BCUT2D eigenvalue weighted by molar-refractivity contribution is 7.64. The van der Waals surface area contributed by atoms with Gasteiger partial charge in [0.2, 0.25) is 6.33 Å². The van der Waals surface area contributed by atoms with Gasteiger partial charge in [-0.05, 0) is 25.7 Å². The second kappa shape index (κ2) is 14.1. The van der Waals surface area contributed by atoms with Crippen LogP contribution in [0.15, 0.2) is 31.4 Å². The van der Waals surface area contributed by atoms with Crippen LogP contribution in [0.1, 0.15) is 51.4 Å². The fraction of sp³-hybridized carbons (Fsp3) is 0.625. The Kier molecular flexibility index (Phi) is 13.1. The minimum atomic E-state index is 1.16. The van der Waals surface area contributed by atoms with Gasteiger partial charge in [0.05, 0.1) is 13.6 Å². The monoisotopic (exact) mass is 293 g/mol. The fourth-order valence-electron chi connectivity index (χ4n) is 2.10. The molecule has 0 fully saturated rings. The summed E-state index contributed by atoms with van der Waals surface area (Å²) >= 11 is 3.70. The smallest absolute Gasteiger partial charge is 0.243 e. The Bertz CT molecular complexity index is 379. The molecule has 4 heteroatoms. The molecule has 0 aliphatic rings. The van der Waals surface area contributed by atoms with E-state index in [4.69, 9.17) is 5.26 Å². The number of aryl methyl sites for hydroxylation is 2. The lowest BCUT2D eigenvalue weighted by molar-refractivity contribution is -0.671. The van der Waals surface area contributed by atoms with Crippen molar-refractivity contribution in [3.05, 3.63) is 31.4 Å². The van der Waals surface area contributed by atoms with Crippen molar-refractivity contribution in [2.24, 2.45) is 7.05 Å². The van der Waals surface area contributed by atoms with E-state index >= 15 is 0 Å². The molecule has 1 aromatic heterocycles. The zero-order valence-corrected chi connectivity index (χ0v) is 13.4. The van der Waals surface area contributed by atoms with E-state index in [-0.39, 0.29) is 0 Å². The number of rotatable bonds is 10. The average molecular weight is 293 g/mol. The van der Waals surface area contributed by atoms with Crippen molar-refractivity contribution in [3.8, 4) is 5.40 Å². The number of nitriles is 1. The van der Waals surface area contributed by atoms with Crippen LogP contribution in [0, 0.1) is 10.7 Å². The van der Waals surface area contributed by atoms with E-state index in [0.717, 1.165) is 6.54 Å². The molecule has 3 nitrogen and oxygen atoms in total. The lowest BCUT2D eigenvalue weighted by Crippen LogP contribution is -2.23. The number of hydrogen-bond donors (Lipinski definition) is 0. The third kappa shape index (κ3) is 11.7. The van der Waals surface area contributed by atoms with E-state index in [1.165, 1.54) is 56.8 Å². The lowest BCUT2D eigenvalue weighted by Gasteiger charge is -2.00. The number of aromatic nitrogens is 2. The minimum absolute atomic E-state index is 1.16. The number of nitrogens with zero attached hydrogens (tertiary/aromatic N) is 3. The van der Waals surface area contributed by atoms with Gasteiger partial charge in [0.15, 0.2) is 0 Å². The van der Waals surface area contributed by atoms with Gasteiger partial charge in [-0.2, -0.15) is 0 Å². The summed E-state index contributed by atoms with van der Waals surface area (Å²) < 4.78 is 4.36. The van der Waals surface area contributed by atoms with Crippen molar-refractivity contribution in [1.29, 1.82) is 5.26 Å². The van der Waals surface area contributed by atoms with Gasteiger partial charge >= 0.3 is 0 Å². The molecular weight excluding hydrogens is 266 g/mol. The SMILES string of the molecule is C=CCCCCCCCCCn1cc[n+](C)c1.N#C[S-]. The molecule has 0 atom stereocenters. The number of thiocyanates is 1. The highest BCUT2D eigenvalue weighted by Gasteiger charge is 1.99. The van der Waals surface area contributed by atoms with Crippen molar-refractivity contribution < 1.29 is 4.57 Å². The van der Waals surface area contributed by atoms with Gasteiger partial charge in [-0.15, -0.1) is 6.58 Å². The first-order valence-corrected chi connectivity index (χ1v) is 7.78. The molecule has 0 saturated carbocycles. The van der Waals surface area contributed by atoms with Gasteiger partial charge in [0, 0.05) is 0 Å². The predicted octanol–water partition coefficient (Wildman–Crippen LogP) is 3.63. The summed E-state index contributed by atoms with van der Waals surface area (Å²) in [5.74, 6) is 0. The maximum atomic E-state index is 7.13. The molecule has 0 N–H and O–H groups in total.